The number of rotatable bonds is 14. The number of ether oxygens (including phenoxy) is 1. The molecule has 2 heterocycles. The third kappa shape index (κ3) is 8.85. The van der Waals surface area contributed by atoms with Crippen LogP contribution in [0.3, 0.4) is 0 Å². The van der Waals surface area contributed by atoms with Crippen LogP contribution in [-0.2, 0) is 38.6 Å². The van der Waals surface area contributed by atoms with Crippen molar-refractivity contribution >= 4 is 63.8 Å². The fourth-order valence-corrected chi connectivity index (χ4v) is 6.94. The Bertz CT molecular complexity index is 1960. The van der Waals surface area contributed by atoms with Crippen molar-refractivity contribution in [1.29, 1.82) is 0 Å². The third-order valence-corrected chi connectivity index (χ3v) is 10.4. The fraction of sp³-hybridized carbons (Fsp3) is 0.421. The van der Waals surface area contributed by atoms with Crippen molar-refractivity contribution in [2.75, 3.05) is 5.32 Å². The van der Waals surface area contributed by atoms with Gasteiger partial charge in [-0.3, -0.25) is 19.7 Å². The summed E-state index contributed by atoms with van der Waals surface area (Å²) in [4.78, 5) is 56.6. The van der Waals surface area contributed by atoms with Gasteiger partial charge in [-0.05, 0) is 60.4 Å². The Morgan fingerprint density at radius 3 is 2.46 bits per heavy atom. The molecule has 14 heteroatoms. The van der Waals surface area contributed by atoms with E-state index >= 15 is 0 Å². The van der Waals surface area contributed by atoms with Crippen LogP contribution in [0.2, 0.25) is 10.0 Å². The predicted molar refractivity (Wildman–Crippen MR) is 199 cm³/mol. The summed E-state index contributed by atoms with van der Waals surface area (Å²) < 4.78 is 11.2. The van der Waals surface area contributed by atoms with Gasteiger partial charge in [0, 0.05) is 23.0 Å². The maximum atomic E-state index is 14.7. The summed E-state index contributed by atoms with van der Waals surface area (Å²) in [5.74, 6) is -1.33. The van der Waals surface area contributed by atoms with E-state index in [0.717, 1.165) is 27.7 Å². The summed E-state index contributed by atoms with van der Waals surface area (Å²) >= 11 is 13.0. The molecular formula is C38H44Cl2N6O6. The zero-order chi connectivity index (χ0) is 37.6. The van der Waals surface area contributed by atoms with E-state index < -0.39 is 23.6 Å². The fourth-order valence-electron chi connectivity index (χ4n) is 6.40. The van der Waals surface area contributed by atoms with Gasteiger partial charge in [0.1, 0.15) is 12.6 Å². The standard InChI is InChI=1S/C38H44Cl2N6O6/c1-6-21(3)31(44-37(50)51-20-24-11-9-8-10-12-24)30(48)14-16-38(15-13-29-27(19-38)26-17-25(39)18-28(40)33(26)42-29)35(49)43-32(22(4)7-2)34-45-46-36(52-34)41-23(5)47/h8-12,14,16-18,21-22,31-32,42H,6-7,13,15,19-20H2,1-5H3,(H,43,49)(H,44,50)(H,41,46,47)/b16-14+/t21?,22?,31-,32-,38-/m0/s1. The molecule has 4 N–H and O–H groups in total. The van der Waals surface area contributed by atoms with Crippen molar-refractivity contribution < 1.29 is 28.3 Å². The first-order valence-corrected chi connectivity index (χ1v) is 18.2. The molecule has 5 rings (SSSR count). The van der Waals surface area contributed by atoms with Crippen LogP contribution in [0.1, 0.15) is 82.6 Å². The van der Waals surface area contributed by atoms with E-state index in [1.807, 2.05) is 64.1 Å². The third-order valence-electron chi connectivity index (χ3n) is 9.85. The molecule has 276 valence electrons. The lowest BCUT2D eigenvalue weighted by Crippen LogP contribution is -2.47. The number of anilines is 1. The molecule has 0 bridgehead atoms. The van der Waals surface area contributed by atoms with E-state index in [1.165, 1.54) is 13.0 Å². The predicted octanol–water partition coefficient (Wildman–Crippen LogP) is 7.66. The number of hydrogen-bond acceptors (Lipinski definition) is 8. The molecule has 5 atom stereocenters. The molecule has 1 aliphatic rings. The molecule has 2 unspecified atom stereocenters. The highest BCUT2D eigenvalue weighted by Gasteiger charge is 2.43. The number of nitrogens with one attached hydrogen (secondary N) is 4. The molecule has 0 aliphatic heterocycles. The number of nitrogens with zero attached hydrogens (tertiary/aromatic N) is 2. The normalized spacial score (nSPS) is 17.9. The molecule has 0 radical (unpaired) electrons. The molecule has 52 heavy (non-hydrogen) atoms. The Morgan fingerprint density at radius 1 is 1.04 bits per heavy atom. The van der Waals surface area contributed by atoms with Gasteiger partial charge in [-0.15, -0.1) is 5.10 Å². The van der Waals surface area contributed by atoms with Crippen LogP contribution in [-0.4, -0.2) is 44.9 Å². The van der Waals surface area contributed by atoms with Crippen molar-refractivity contribution in [1.82, 2.24) is 25.8 Å². The van der Waals surface area contributed by atoms with Gasteiger partial charge in [-0.25, -0.2) is 4.79 Å². The molecule has 0 saturated carbocycles. The number of halogens is 2. The molecule has 1 aliphatic carbocycles. The highest BCUT2D eigenvalue weighted by Crippen LogP contribution is 2.43. The average molecular weight is 752 g/mol. The van der Waals surface area contributed by atoms with E-state index in [2.05, 4.69) is 31.1 Å². The van der Waals surface area contributed by atoms with Crippen LogP contribution in [0, 0.1) is 17.3 Å². The Hall–Kier alpha value is -4.68. The molecule has 0 saturated heterocycles. The topological polar surface area (TPSA) is 168 Å². The monoisotopic (exact) mass is 750 g/mol. The minimum Gasteiger partial charge on any atom is -0.445 e. The lowest BCUT2D eigenvalue weighted by molar-refractivity contribution is -0.130. The number of carbonyl (C=O) groups excluding carboxylic acids is 4. The second kappa shape index (κ2) is 16.8. The number of alkyl carbamates (subject to hydrolysis) is 1. The zero-order valence-electron chi connectivity index (χ0n) is 29.8. The minimum absolute atomic E-state index is 0.0535. The number of aromatic nitrogens is 3. The Morgan fingerprint density at radius 2 is 1.77 bits per heavy atom. The Balaban J connectivity index is 1.47. The average Bonchev–Trinajstić information content (AvgIpc) is 3.74. The van der Waals surface area contributed by atoms with Crippen LogP contribution in [0.25, 0.3) is 10.9 Å². The van der Waals surface area contributed by atoms with Crippen LogP contribution in [0.5, 0.6) is 0 Å². The van der Waals surface area contributed by atoms with Gasteiger partial charge in [-0.2, -0.15) is 0 Å². The van der Waals surface area contributed by atoms with Crippen LogP contribution in [0.15, 0.2) is 59.0 Å². The molecule has 4 aromatic rings. The summed E-state index contributed by atoms with van der Waals surface area (Å²) in [6.45, 7) is 9.10. The number of aromatic amines is 1. The van der Waals surface area contributed by atoms with Gasteiger partial charge >= 0.3 is 12.1 Å². The van der Waals surface area contributed by atoms with Crippen LogP contribution < -0.4 is 16.0 Å². The van der Waals surface area contributed by atoms with Crippen molar-refractivity contribution in [2.45, 2.75) is 85.4 Å². The van der Waals surface area contributed by atoms with E-state index in [-0.39, 0.29) is 54.4 Å². The smallest absolute Gasteiger partial charge is 0.408 e. The molecule has 2 aromatic heterocycles. The van der Waals surface area contributed by atoms with Crippen molar-refractivity contribution in [3.63, 3.8) is 0 Å². The lowest BCUT2D eigenvalue weighted by Gasteiger charge is -2.35. The van der Waals surface area contributed by atoms with E-state index in [1.54, 1.807) is 12.1 Å². The first-order valence-electron chi connectivity index (χ1n) is 17.4. The van der Waals surface area contributed by atoms with Crippen molar-refractivity contribution in [3.05, 3.63) is 87.4 Å². The second-order valence-electron chi connectivity index (χ2n) is 13.5. The maximum Gasteiger partial charge on any atom is 0.408 e. The highest BCUT2D eigenvalue weighted by atomic mass is 35.5. The van der Waals surface area contributed by atoms with Crippen molar-refractivity contribution in [3.8, 4) is 0 Å². The molecule has 3 amide bonds. The summed E-state index contributed by atoms with van der Waals surface area (Å²) in [7, 11) is 0. The summed E-state index contributed by atoms with van der Waals surface area (Å²) in [6, 6.07) is 11.1. The number of hydrogen-bond donors (Lipinski definition) is 4. The van der Waals surface area contributed by atoms with Gasteiger partial charge < -0.3 is 24.8 Å². The molecule has 12 nitrogen and oxygen atoms in total. The highest BCUT2D eigenvalue weighted by molar-refractivity contribution is 6.38. The van der Waals surface area contributed by atoms with Crippen molar-refractivity contribution in [2.24, 2.45) is 17.3 Å². The SMILES string of the molecule is CCC(C)[C@H](NC(=O)OCc1ccccc1)C(=O)/C=C/[C@@]1(C(=O)N[C@H](c2nnc(NC(C)=O)o2)C(C)CC)CCc2[nH]c3c(Cl)cc(Cl)cc3c2C1. The van der Waals surface area contributed by atoms with E-state index in [4.69, 9.17) is 32.4 Å². The molecule has 2 aromatic carbocycles. The molecular weight excluding hydrogens is 707 g/mol. The Labute approximate surface area is 312 Å². The summed E-state index contributed by atoms with van der Waals surface area (Å²) in [5.41, 5.74) is 2.11. The number of benzene rings is 2. The zero-order valence-corrected chi connectivity index (χ0v) is 31.4. The number of amides is 3. The van der Waals surface area contributed by atoms with Gasteiger partial charge in [-0.1, -0.05) is 105 Å². The Kier molecular flexibility index (Phi) is 12.4. The quantitative estimate of drug-likeness (QED) is 0.0953. The second-order valence-corrected chi connectivity index (χ2v) is 14.3. The van der Waals surface area contributed by atoms with Gasteiger partial charge in [0.05, 0.1) is 22.0 Å². The molecule has 0 fully saturated rings. The number of fused-ring (bicyclic) bond motifs is 3. The first-order chi connectivity index (χ1) is 24.8. The van der Waals surface area contributed by atoms with E-state index in [0.29, 0.717) is 35.7 Å². The number of aryl methyl sites for hydroxylation is 1. The molecule has 0 spiro atoms. The van der Waals surface area contributed by atoms with Gasteiger partial charge in [0.15, 0.2) is 5.78 Å². The number of ketones is 1. The summed E-state index contributed by atoms with van der Waals surface area (Å²) in [6.07, 6.45) is 4.65. The van der Waals surface area contributed by atoms with Gasteiger partial charge in [0.2, 0.25) is 17.7 Å². The number of H-pyrrole nitrogens is 1. The summed E-state index contributed by atoms with van der Waals surface area (Å²) in [5, 5.41) is 18.1. The van der Waals surface area contributed by atoms with Crippen LogP contribution >= 0.6 is 23.2 Å². The van der Waals surface area contributed by atoms with Crippen LogP contribution in [0.4, 0.5) is 10.8 Å². The lowest BCUT2D eigenvalue weighted by atomic mass is 9.71. The maximum absolute atomic E-state index is 14.7. The first kappa shape index (κ1) is 38.5. The van der Waals surface area contributed by atoms with E-state index in [9.17, 15) is 19.2 Å². The largest absolute Gasteiger partial charge is 0.445 e. The number of carbonyl (C=O) groups is 4. The van der Waals surface area contributed by atoms with Gasteiger partial charge in [0.25, 0.3) is 0 Å². The minimum atomic E-state index is -1.22.